The highest BCUT2D eigenvalue weighted by atomic mass is 16.5. The van der Waals surface area contributed by atoms with Crippen LogP contribution in [-0.4, -0.2) is 33.9 Å². The first-order valence-corrected chi connectivity index (χ1v) is 7.75. The van der Waals surface area contributed by atoms with Crippen molar-refractivity contribution < 1.29 is 9.53 Å². The van der Waals surface area contributed by atoms with Crippen molar-refractivity contribution in [2.24, 2.45) is 5.92 Å². The third-order valence-corrected chi connectivity index (χ3v) is 4.19. The second-order valence-electron chi connectivity index (χ2n) is 6.58. The van der Waals surface area contributed by atoms with E-state index < -0.39 is 0 Å². The molecule has 1 aromatic heterocycles. The van der Waals surface area contributed by atoms with E-state index in [1.165, 1.54) is 6.07 Å². The van der Waals surface area contributed by atoms with Gasteiger partial charge in [-0.1, -0.05) is 13.8 Å². The molecule has 0 aromatic carbocycles. The van der Waals surface area contributed by atoms with Gasteiger partial charge in [0.15, 0.2) is 0 Å². The zero-order valence-corrected chi connectivity index (χ0v) is 12.6. The molecular weight excluding hydrogens is 270 g/mol. The summed E-state index contributed by atoms with van der Waals surface area (Å²) >= 11 is 0. The fourth-order valence-corrected chi connectivity index (χ4v) is 3.30. The van der Waals surface area contributed by atoms with Crippen LogP contribution in [0.1, 0.15) is 38.8 Å². The lowest BCUT2D eigenvalue weighted by atomic mass is 9.95. The van der Waals surface area contributed by atoms with Gasteiger partial charge in [0, 0.05) is 18.3 Å². The number of carbonyl (C=O) groups is 1. The van der Waals surface area contributed by atoms with Gasteiger partial charge in [-0.3, -0.25) is 19.4 Å². The number of nitrogens with one attached hydrogen (secondary N) is 2. The van der Waals surface area contributed by atoms with Crippen LogP contribution in [0.5, 0.6) is 0 Å². The van der Waals surface area contributed by atoms with Crippen molar-refractivity contribution in [1.29, 1.82) is 0 Å². The van der Waals surface area contributed by atoms with Gasteiger partial charge in [0.2, 0.25) is 5.91 Å². The lowest BCUT2D eigenvalue weighted by Crippen LogP contribution is -2.42. The predicted octanol–water partition coefficient (Wildman–Crippen LogP) is 0.811. The van der Waals surface area contributed by atoms with E-state index in [1.54, 1.807) is 4.68 Å². The summed E-state index contributed by atoms with van der Waals surface area (Å²) < 4.78 is 7.29. The average Bonchev–Trinajstić information content (AvgIpc) is 3.06. The summed E-state index contributed by atoms with van der Waals surface area (Å²) in [6, 6.07) is 1.65. The Morgan fingerprint density at radius 1 is 1.52 bits per heavy atom. The molecule has 2 aliphatic rings. The van der Waals surface area contributed by atoms with Crippen LogP contribution < -0.4 is 10.9 Å². The first kappa shape index (κ1) is 14.4. The fraction of sp³-hybridized carbons (Fsp3) is 0.733. The van der Waals surface area contributed by atoms with E-state index in [4.69, 9.17) is 4.74 Å². The van der Waals surface area contributed by atoms with Crippen molar-refractivity contribution in [1.82, 2.24) is 15.1 Å². The van der Waals surface area contributed by atoms with E-state index in [9.17, 15) is 9.59 Å². The molecule has 2 aliphatic heterocycles. The van der Waals surface area contributed by atoms with E-state index in [2.05, 4.69) is 24.3 Å². The maximum Gasteiger partial charge on any atom is 0.266 e. The average molecular weight is 293 g/mol. The van der Waals surface area contributed by atoms with Crippen LogP contribution in [0.4, 0.5) is 0 Å². The van der Waals surface area contributed by atoms with Crippen LogP contribution in [-0.2, 0) is 22.5 Å². The number of H-pyrrole nitrogens is 1. The molecule has 6 heteroatoms. The molecule has 21 heavy (non-hydrogen) atoms. The summed E-state index contributed by atoms with van der Waals surface area (Å²) in [5.41, 5.74) is 0.594. The first-order chi connectivity index (χ1) is 10.0. The third kappa shape index (κ3) is 3.20. The molecule has 2 bridgehead atoms. The normalized spacial score (nSPS) is 27.5. The Kier molecular flexibility index (Phi) is 3.89. The van der Waals surface area contributed by atoms with Crippen LogP contribution in [0.15, 0.2) is 10.9 Å². The van der Waals surface area contributed by atoms with E-state index in [-0.39, 0.29) is 30.0 Å². The fourth-order valence-electron chi connectivity index (χ4n) is 3.30. The van der Waals surface area contributed by atoms with Gasteiger partial charge in [-0.05, 0) is 25.2 Å². The van der Waals surface area contributed by atoms with Crippen molar-refractivity contribution in [3.63, 3.8) is 0 Å². The Morgan fingerprint density at radius 2 is 2.33 bits per heavy atom. The summed E-state index contributed by atoms with van der Waals surface area (Å²) in [5, 5.41) is 6.05. The van der Waals surface area contributed by atoms with Crippen molar-refractivity contribution in [2.75, 3.05) is 0 Å². The Hall–Kier alpha value is -1.56. The summed E-state index contributed by atoms with van der Waals surface area (Å²) in [6.45, 7) is 4.74. The largest absolute Gasteiger partial charge is 0.373 e. The number of hydrogen-bond donors (Lipinski definition) is 2. The van der Waals surface area contributed by atoms with Crippen molar-refractivity contribution in [2.45, 2.75) is 64.3 Å². The Labute approximate surface area is 123 Å². The maximum absolute atomic E-state index is 12.1. The van der Waals surface area contributed by atoms with Crippen LogP contribution in [0.2, 0.25) is 0 Å². The smallest absolute Gasteiger partial charge is 0.266 e. The number of hydrogen-bond acceptors (Lipinski definition) is 3. The zero-order valence-electron chi connectivity index (χ0n) is 12.6. The minimum absolute atomic E-state index is 0.0471. The molecule has 3 heterocycles. The number of aromatic nitrogens is 2. The quantitative estimate of drug-likeness (QED) is 0.843. The van der Waals surface area contributed by atoms with Crippen LogP contribution >= 0.6 is 0 Å². The Bertz CT molecular complexity index is 575. The molecule has 3 rings (SSSR count). The van der Waals surface area contributed by atoms with Gasteiger partial charge in [-0.2, -0.15) is 0 Å². The van der Waals surface area contributed by atoms with Crippen molar-refractivity contribution in [3.8, 4) is 0 Å². The molecule has 3 atom stereocenters. The third-order valence-electron chi connectivity index (χ3n) is 4.19. The molecule has 0 aliphatic carbocycles. The SMILES string of the molecule is CC(C)Cn1[nH]c(CC(=O)NC2CC3CCC2O3)cc1=O. The molecule has 0 spiro atoms. The van der Waals surface area contributed by atoms with E-state index >= 15 is 0 Å². The molecule has 6 nitrogen and oxygen atoms in total. The lowest BCUT2D eigenvalue weighted by molar-refractivity contribution is -0.121. The number of ether oxygens (including phenoxy) is 1. The highest BCUT2D eigenvalue weighted by molar-refractivity contribution is 5.78. The molecule has 1 aromatic rings. The minimum atomic E-state index is -0.0743. The monoisotopic (exact) mass is 293 g/mol. The highest BCUT2D eigenvalue weighted by Crippen LogP contribution is 2.34. The van der Waals surface area contributed by atoms with Crippen LogP contribution in [0, 0.1) is 5.92 Å². The topological polar surface area (TPSA) is 76.1 Å². The molecule has 1 amide bonds. The number of rotatable bonds is 5. The molecule has 2 fully saturated rings. The second kappa shape index (κ2) is 5.67. The van der Waals surface area contributed by atoms with Crippen LogP contribution in [0.3, 0.4) is 0 Å². The van der Waals surface area contributed by atoms with E-state index in [0.29, 0.717) is 24.3 Å². The highest BCUT2D eigenvalue weighted by Gasteiger charge is 2.41. The minimum Gasteiger partial charge on any atom is -0.373 e. The van der Waals surface area contributed by atoms with Crippen molar-refractivity contribution >= 4 is 5.91 Å². The molecule has 116 valence electrons. The Morgan fingerprint density at radius 3 is 2.95 bits per heavy atom. The summed E-state index contributed by atoms with van der Waals surface area (Å²) in [7, 11) is 0. The van der Waals surface area contributed by atoms with Gasteiger partial charge in [-0.15, -0.1) is 0 Å². The van der Waals surface area contributed by atoms with Gasteiger partial charge >= 0.3 is 0 Å². The molecule has 2 N–H and O–H groups in total. The number of amides is 1. The zero-order chi connectivity index (χ0) is 15.0. The summed E-state index contributed by atoms with van der Waals surface area (Å²) in [6.07, 6.45) is 3.80. The maximum atomic E-state index is 12.1. The molecule has 2 saturated heterocycles. The van der Waals surface area contributed by atoms with Gasteiger partial charge in [0.1, 0.15) is 0 Å². The number of fused-ring (bicyclic) bond motifs is 2. The molecule has 0 radical (unpaired) electrons. The molecular formula is C15H23N3O3. The predicted molar refractivity (Wildman–Crippen MR) is 78.0 cm³/mol. The van der Waals surface area contributed by atoms with Crippen LogP contribution in [0.25, 0.3) is 0 Å². The van der Waals surface area contributed by atoms with Crippen molar-refractivity contribution in [3.05, 3.63) is 22.1 Å². The van der Waals surface area contributed by atoms with Gasteiger partial charge in [0.25, 0.3) is 5.56 Å². The molecule has 0 saturated carbocycles. The Balaban J connectivity index is 1.56. The van der Waals surface area contributed by atoms with E-state index in [0.717, 1.165) is 19.3 Å². The van der Waals surface area contributed by atoms with E-state index in [1.807, 2.05) is 0 Å². The number of carbonyl (C=O) groups excluding carboxylic acids is 1. The second-order valence-corrected chi connectivity index (χ2v) is 6.58. The number of aromatic amines is 1. The first-order valence-electron chi connectivity index (χ1n) is 7.75. The lowest BCUT2D eigenvalue weighted by Gasteiger charge is -2.19. The van der Waals surface area contributed by atoms with Gasteiger partial charge < -0.3 is 10.1 Å². The molecule has 3 unspecified atom stereocenters. The standard InChI is InChI=1S/C15H23N3O3/c1-9(2)8-18-15(20)6-10(17-18)5-14(19)16-12-7-11-3-4-13(12)21-11/h6,9,11-13,17H,3-5,7-8H2,1-2H3,(H,16,19). The summed E-state index contributed by atoms with van der Waals surface area (Å²) in [4.78, 5) is 23.9. The summed E-state index contributed by atoms with van der Waals surface area (Å²) in [5.74, 6) is 0.336. The van der Waals surface area contributed by atoms with Gasteiger partial charge in [0.05, 0.1) is 24.7 Å². The number of nitrogens with zero attached hydrogens (tertiary/aromatic N) is 1. The van der Waals surface area contributed by atoms with Gasteiger partial charge in [-0.25, -0.2) is 0 Å².